The lowest BCUT2D eigenvalue weighted by atomic mass is 9.84. The highest BCUT2D eigenvalue weighted by molar-refractivity contribution is 7.13. The first-order valence-corrected chi connectivity index (χ1v) is 8.67. The molecule has 0 spiro atoms. The van der Waals surface area contributed by atoms with Crippen LogP contribution in [0.3, 0.4) is 0 Å². The molecule has 3 nitrogen and oxygen atoms in total. The second-order valence-electron chi connectivity index (χ2n) is 6.48. The van der Waals surface area contributed by atoms with Gasteiger partial charge in [0.2, 0.25) is 0 Å². The molecule has 2 saturated carbocycles. The average Bonchev–Trinajstić information content (AvgIpc) is 3.12. The molecule has 4 unspecified atom stereocenters. The van der Waals surface area contributed by atoms with Gasteiger partial charge in [0.1, 0.15) is 4.88 Å². The Morgan fingerprint density at radius 3 is 2.80 bits per heavy atom. The number of nitrogens with zero attached hydrogens (tertiary/aromatic N) is 1. The van der Waals surface area contributed by atoms with Crippen molar-refractivity contribution >= 4 is 17.2 Å². The number of aryl methyl sites for hydroxylation is 2. The monoisotopic (exact) mass is 292 g/mol. The SMILES string of the molecule is CCc1nc(C)c(C(=O)NC(C)C2CC3CCC2C3)s1. The fourth-order valence-electron chi connectivity index (χ4n) is 4.10. The molecule has 20 heavy (non-hydrogen) atoms. The molecule has 110 valence electrons. The zero-order valence-corrected chi connectivity index (χ0v) is 13.4. The molecule has 0 aromatic carbocycles. The van der Waals surface area contributed by atoms with Crippen LogP contribution in [0.5, 0.6) is 0 Å². The minimum absolute atomic E-state index is 0.0787. The van der Waals surface area contributed by atoms with Crippen LogP contribution in [0, 0.1) is 24.7 Å². The normalized spacial score (nSPS) is 29.6. The molecule has 1 aromatic rings. The van der Waals surface area contributed by atoms with E-state index in [4.69, 9.17) is 0 Å². The van der Waals surface area contributed by atoms with Gasteiger partial charge >= 0.3 is 0 Å². The molecule has 4 atom stereocenters. The summed E-state index contributed by atoms with van der Waals surface area (Å²) in [6.45, 7) is 6.20. The summed E-state index contributed by atoms with van der Waals surface area (Å²) in [5, 5.41) is 4.29. The number of carbonyl (C=O) groups is 1. The number of carbonyl (C=O) groups excluding carboxylic acids is 1. The van der Waals surface area contributed by atoms with E-state index in [1.807, 2.05) is 6.92 Å². The number of hydrogen-bond donors (Lipinski definition) is 1. The van der Waals surface area contributed by atoms with E-state index >= 15 is 0 Å². The molecule has 1 aromatic heterocycles. The van der Waals surface area contributed by atoms with E-state index < -0.39 is 0 Å². The van der Waals surface area contributed by atoms with E-state index in [0.29, 0.717) is 12.0 Å². The number of aromatic nitrogens is 1. The smallest absolute Gasteiger partial charge is 0.263 e. The fraction of sp³-hybridized carbons (Fsp3) is 0.750. The van der Waals surface area contributed by atoms with E-state index in [2.05, 4.69) is 24.1 Å². The Morgan fingerprint density at radius 1 is 1.45 bits per heavy atom. The van der Waals surface area contributed by atoms with E-state index in [1.165, 1.54) is 25.7 Å². The minimum atomic E-state index is 0.0787. The number of nitrogens with one attached hydrogen (secondary N) is 1. The predicted molar refractivity (Wildman–Crippen MR) is 82.1 cm³/mol. The molecule has 1 heterocycles. The van der Waals surface area contributed by atoms with Crippen LogP contribution >= 0.6 is 11.3 Å². The van der Waals surface area contributed by atoms with Crippen molar-refractivity contribution in [2.45, 2.75) is 58.9 Å². The summed E-state index contributed by atoms with van der Waals surface area (Å²) in [5.74, 6) is 2.55. The van der Waals surface area contributed by atoms with E-state index in [-0.39, 0.29) is 5.91 Å². The molecule has 4 heteroatoms. The molecule has 0 aliphatic heterocycles. The number of hydrogen-bond acceptors (Lipinski definition) is 3. The molecule has 0 saturated heterocycles. The summed E-state index contributed by atoms with van der Waals surface area (Å²) in [7, 11) is 0. The summed E-state index contributed by atoms with van der Waals surface area (Å²) in [6.07, 6.45) is 6.39. The number of amides is 1. The Morgan fingerprint density at radius 2 is 2.25 bits per heavy atom. The topological polar surface area (TPSA) is 42.0 Å². The molecule has 1 N–H and O–H groups in total. The second kappa shape index (κ2) is 5.47. The first-order valence-electron chi connectivity index (χ1n) is 7.85. The van der Waals surface area contributed by atoms with Crippen LogP contribution in [0.1, 0.15) is 59.9 Å². The number of fused-ring (bicyclic) bond motifs is 2. The van der Waals surface area contributed by atoms with Crippen molar-refractivity contribution in [3.05, 3.63) is 15.6 Å². The van der Waals surface area contributed by atoms with E-state index in [1.54, 1.807) is 11.3 Å². The maximum atomic E-state index is 12.4. The van der Waals surface area contributed by atoms with Gasteiger partial charge in [-0.1, -0.05) is 13.3 Å². The number of rotatable bonds is 4. The van der Waals surface area contributed by atoms with Crippen molar-refractivity contribution in [1.29, 1.82) is 0 Å². The van der Waals surface area contributed by atoms with Gasteiger partial charge in [0.05, 0.1) is 10.7 Å². The highest BCUT2D eigenvalue weighted by atomic mass is 32.1. The minimum Gasteiger partial charge on any atom is -0.349 e. The van der Waals surface area contributed by atoms with Crippen LogP contribution in [0.4, 0.5) is 0 Å². The Hall–Kier alpha value is -0.900. The molecule has 2 aliphatic carbocycles. The lowest BCUT2D eigenvalue weighted by molar-refractivity contribution is 0.0918. The van der Waals surface area contributed by atoms with Crippen molar-refractivity contribution < 1.29 is 4.79 Å². The first kappa shape index (κ1) is 14.1. The highest BCUT2D eigenvalue weighted by Crippen LogP contribution is 2.49. The summed E-state index contributed by atoms with van der Waals surface area (Å²) >= 11 is 1.54. The third-order valence-electron chi connectivity index (χ3n) is 5.14. The van der Waals surface area contributed by atoms with Crippen LogP contribution < -0.4 is 5.32 Å². The molecule has 1 amide bonds. The van der Waals surface area contributed by atoms with E-state index in [0.717, 1.165) is 33.8 Å². The van der Waals surface area contributed by atoms with Crippen molar-refractivity contribution in [3.63, 3.8) is 0 Å². The van der Waals surface area contributed by atoms with Crippen LogP contribution in [-0.2, 0) is 6.42 Å². The van der Waals surface area contributed by atoms with Crippen molar-refractivity contribution in [2.24, 2.45) is 17.8 Å². The number of thiazole rings is 1. The maximum Gasteiger partial charge on any atom is 0.263 e. The van der Waals surface area contributed by atoms with Gasteiger partial charge in [-0.2, -0.15) is 0 Å². The van der Waals surface area contributed by atoms with Gasteiger partial charge in [0.25, 0.3) is 5.91 Å². The zero-order chi connectivity index (χ0) is 14.3. The average molecular weight is 292 g/mol. The lowest BCUT2D eigenvalue weighted by Crippen LogP contribution is -2.40. The summed E-state index contributed by atoms with van der Waals surface area (Å²) in [6, 6.07) is 0.296. The van der Waals surface area contributed by atoms with Crippen LogP contribution in [0.25, 0.3) is 0 Å². The van der Waals surface area contributed by atoms with Crippen LogP contribution in [-0.4, -0.2) is 16.9 Å². The van der Waals surface area contributed by atoms with Crippen molar-refractivity contribution in [2.75, 3.05) is 0 Å². The second-order valence-corrected chi connectivity index (χ2v) is 7.56. The van der Waals surface area contributed by atoms with E-state index in [9.17, 15) is 4.79 Å². The van der Waals surface area contributed by atoms with Crippen LogP contribution in [0.2, 0.25) is 0 Å². The largest absolute Gasteiger partial charge is 0.349 e. The molecule has 3 rings (SSSR count). The Kier molecular flexibility index (Phi) is 3.85. The quantitative estimate of drug-likeness (QED) is 0.922. The lowest BCUT2D eigenvalue weighted by Gasteiger charge is -2.28. The summed E-state index contributed by atoms with van der Waals surface area (Å²) in [5.41, 5.74) is 0.879. The molecule has 2 aliphatic rings. The maximum absolute atomic E-state index is 12.4. The predicted octanol–water partition coefficient (Wildman–Crippen LogP) is 3.57. The standard InChI is InChI=1S/C16H24N2OS/c1-4-14-17-10(3)15(20-14)16(19)18-9(2)13-8-11-5-6-12(13)7-11/h9,11-13H,4-8H2,1-3H3,(H,18,19). The molecular weight excluding hydrogens is 268 g/mol. The molecule has 2 fully saturated rings. The third kappa shape index (κ3) is 2.50. The Balaban J connectivity index is 1.64. The fourth-order valence-corrected chi connectivity index (χ4v) is 5.01. The molecular formula is C16H24N2OS. The Labute approximate surface area is 125 Å². The van der Waals surface area contributed by atoms with Crippen molar-refractivity contribution in [3.8, 4) is 0 Å². The van der Waals surface area contributed by atoms with Crippen molar-refractivity contribution in [1.82, 2.24) is 10.3 Å². The van der Waals surface area contributed by atoms with Gasteiger partial charge < -0.3 is 5.32 Å². The summed E-state index contributed by atoms with van der Waals surface area (Å²) in [4.78, 5) is 17.7. The third-order valence-corrected chi connectivity index (χ3v) is 6.44. The Bertz CT molecular complexity index is 511. The zero-order valence-electron chi connectivity index (χ0n) is 12.6. The van der Waals surface area contributed by atoms with Gasteiger partial charge in [-0.25, -0.2) is 4.98 Å². The summed E-state index contributed by atoms with van der Waals surface area (Å²) < 4.78 is 0. The van der Waals surface area contributed by atoms with Crippen LogP contribution in [0.15, 0.2) is 0 Å². The molecule has 0 radical (unpaired) electrons. The highest BCUT2D eigenvalue weighted by Gasteiger charge is 2.42. The van der Waals surface area contributed by atoms with Gasteiger partial charge in [-0.05, 0) is 57.3 Å². The van der Waals surface area contributed by atoms with Gasteiger partial charge in [-0.3, -0.25) is 4.79 Å². The van der Waals surface area contributed by atoms with Gasteiger partial charge in [-0.15, -0.1) is 11.3 Å². The van der Waals surface area contributed by atoms with Gasteiger partial charge in [0.15, 0.2) is 0 Å². The molecule has 2 bridgehead atoms. The first-order chi connectivity index (χ1) is 9.58. The van der Waals surface area contributed by atoms with Gasteiger partial charge in [0, 0.05) is 6.04 Å².